The van der Waals surface area contributed by atoms with E-state index in [0.29, 0.717) is 5.92 Å². The quantitative estimate of drug-likeness (QED) is 0.825. The highest BCUT2D eigenvalue weighted by Crippen LogP contribution is 2.16. The summed E-state index contributed by atoms with van der Waals surface area (Å²) in [5.74, 6) is 1.56. The summed E-state index contributed by atoms with van der Waals surface area (Å²) >= 11 is 0. The molecule has 15 heavy (non-hydrogen) atoms. The summed E-state index contributed by atoms with van der Waals surface area (Å²) in [5, 5.41) is 3.28. The van der Waals surface area contributed by atoms with E-state index in [2.05, 4.69) is 36.1 Å². The molecular formula is C12H21N3. The van der Waals surface area contributed by atoms with Crippen LogP contribution >= 0.6 is 0 Å². The molecule has 0 spiro atoms. The number of aryl methyl sites for hydroxylation is 2. The normalized spacial score (nSPS) is 10.8. The van der Waals surface area contributed by atoms with E-state index in [1.165, 1.54) is 0 Å². The molecule has 0 bridgehead atoms. The Labute approximate surface area is 92.3 Å². The van der Waals surface area contributed by atoms with Crippen LogP contribution in [0.1, 0.15) is 37.9 Å². The van der Waals surface area contributed by atoms with E-state index in [1.54, 1.807) is 0 Å². The van der Waals surface area contributed by atoms with Crippen LogP contribution in [0, 0.1) is 19.8 Å². The summed E-state index contributed by atoms with van der Waals surface area (Å²) in [7, 11) is 0. The van der Waals surface area contributed by atoms with Gasteiger partial charge in [-0.1, -0.05) is 13.8 Å². The molecule has 1 rings (SSSR count). The Balaban J connectivity index is 3.04. The zero-order chi connectivity index (χ0) is 11.4. The molecule has 0 amide bonds. The number of anilines is 1. The van der Waals surface area contributed by atoms with Gasteiger partial charge in [-0.05, 0) is 33.1 Å². The number of hydrogen-bond donors (Lipinski definition) is 1. The van der Waals surface area contributed by atoms with Gasteiger partial charge in [0.2, 0.25) is 0 Å². The molecule has 0 atom stereocenters. The van der Waals surface area contributed by atoms with Crippen LogP contribution in [0.2, 0.25) is 0 Å². The first-order valence-electron chi connectivity index (χ1n) is 5.62. The maximum atomic E-state index is 4.61. The van der Waals surface area contributed by atoms with E-state index < -0.39 is 0 Å². The predicted molar refractivity (Wildman–Crippen MR) is 64.2 cm³/mol. The van der Waals surface area contributed by atoms with Gasteiger partial charge < -0.3 is 5.32 Å². The Morgan fingerprint density at radius 1 is 1.13 bits per heavy atom. The molecule has 0 aliphatic carbocycles. The Kier molecular flexibility index (Phi) is 4.06. The molecule has 1 N–H and O–H groups in total. The highest BCUT2D eigenvalue weighted by atomic mass is 15.0. The number of nitrogens with zero attached hydrogens (tertiary/aromatic N) is 2. The van der Waals surface area contributed by atoms with Crippen LogP contribution in [-0.2, 0) is 6.42 Å². The van der Waals surface area contributed by atoms with Crippen molar-refractivity contribution in [2.75, 3.05) is 11.9 Å². The van der Waals surface area contributed by atoms with Crippen molar-refractivity contribution in [3.05, 3.63) is 17.1 Å². The van der Waals surface area contributed by atoms with Crippen LogP contribution in [0.4, 0.5) is 5.82 Å². The summed E-state index contributed by atoms with van der Waals surface area (Å²) in [6.07, 6.45) is 0.983. The van der Waals surface area contributed by atoms with Gasteiger partial charge in [-0.25, -0.2) is 4.98 Å². The molecule has 0 fully saturated rings. The second-order valence-corrected chi connectivity index (χ2v) is 4.32. The van der Waals surface area contributed by atoms with Crippen molar-refractivity contribution < 1.29 is 0 Å². The fourth-order valence-electron chi connectivity index (χ4n) is 1.49. The van der Waals surface area contributed by atoms with Gasteiger partial charge in [-0.2, -0.15) is 0 Å². The van der Waals surface area contributed by atoms with Crippen LogP contribution in [0.3, 0.4) is 0 Å². The minimum Gasteiger partial charge on any atom is -0.369 e. The lowest BCUT2D eigenvalue weighted by atomic mass is 10.1. The van der Waals surface area contributed by atoms with Crippen molar-refractivity contribution in [3.63, 3.8) is 0 Å². The van der Waals surface area contributed by atoms with Gasteiger partial charge in [-0.15, -0.1) is 0 Å². The largest absolute Gasteiger partial charge is 0.369 e. The average Bonchev–Trinajstić information content (AvgIpc) is 2.13. The molecule has 0 aromatic carbocycles. The molecule has 3 heteroatoms. The van der Waals surface area contributed by atoms with Gasteiger partial charge in [-0.3, -0.25) is 4.98 Å². The first-order valence-corrected chi connectivity index (χ1v) is 5.62. The summed E-state index contributed by atoms with van der Waals surface area (Å²) in [6.45, 7) is 11.4. The van der Waals surface area contributed by atoms with Crippen molar-refractivity contribution >= 4 is 5.82 Å². The van der Waals surface area contributed by atoms with Crippen molar-refractivity contribution in [3.8, 4) is 0 Å². The van der Waals surface area contributed by atoms with E-state index in [0.717, 1.165) is 35.9 Å². The molecule has 1 heterocycles. The molecule has 1 aromatic heterocycles. The predicted octanol–water partition coefficient (Wildman–Crippen LogP) is 2.72. The van der Waals surface area contributed by atoms with Gasteiger partial charge in [0.1, 0.15) is 5.82 Å². The van der Waals surface area contributed by atoms with Gasteiger partial charge in [0.25, 0.3) is 0 Å². The van der Waals surface area contributed by atoms with E-state index >= 15 is 0 Å². The highest BCUT2D eigenvalue weighted by Gasteiger charge is 2.09. The zero-order valence-electron chi connectivity index (χ0n) is 10.4. The molecule has 1 aromatic rings. The maximum Gasteiger partial charge on any atom is 0.148 e. The van der Waals surface area contributed by atoms with Gasteiger partial charge in [0.15, 0.2) is 0 Å². The van der Waals surface area contributed by atoms with E-state index in [1.807, 2.05) is 13.8 Å². The van der Waals surface area contributed by atoms with Gasteiger partial charge >= 0.3 is 0 Å². The molecule has 0 aliphatic rings. The van der Waals surface area contributed by atoms with Gasteiger partial charge in [0.05, 0.1) is 17.1 Å². The third-order valence-electron chi connectivity index (χ3n) is 2.32. The zero-order valence-corrected chi connectivity index (χ0v) is 10.4. The second-order valence-electron chi connectivity index (χ2n) is 4.32. The highest BCUT2D eigenvalue weighted by molar-refractivity contribution is 5.41. The number of nitrogens with one attached hydrogen (secondary N) is 1. The van der Waals surface area contributed by atoms with Crippen LogP contribution in [0.25, 0.3) is 0 Å². The standard InChI is InChI=1S/C12H21N3/c1-6-13-12-11(7-8(2)3)14-9(4)10(5)15-12/h8H,6-7H2,1-5H3,(H,13,15). The molecule has 0 unspecified atom stereocenters. The van der Waals surface area contributed by atoms with Crippen molar-refractivity contribution in [2.24, 2.45) is 5.92 Å². The Morgan fingerprint density at radius 2 is 1.73 bits per heavy atom. The van der Waals surface area contributed by atoms with Crippen molar-refractivity contribution in [1.29, 1.82) is 0 Å². The number of rotatable bonds is 4. The summed E-state index contributed by atoms with van der Waals surface area (Å²) in [5.41, 5.74) is 3.14. The Bertz CT molecular complexity index is 332. The number of hydrogen-bond acceptors (Lipinski definition) is 3. The van der Waals surface area contributed by atoms with Crippen LogP contribution in [0.5, 0.6) is 0 Å². The molecule has 84 valence electrons. The topological polar surface area (TPSA) is 37.8 Å². The van der Waals surface area contributed by atoms with Gasteiger partial charge in [0, 0.05) is 6.54 Å². The van der Waals surface area contributed by atoms with Crippen LogP contribution in [-0.4, -0.2) is 16.5 Å². The SMILES string of the molecule is CCNc1nc(C)c(C)nc1CC(C)C. The van der Waals surface area contributed by atoms with E-state index in [4.69, 9.17) is 0 Å². The first kappa shape index (κ1) is 12.0. The molecule has 0 aliphatic heterocycles. The fourth-order valence-corrected chi connectivity index (χ4v) is 1.49. The third-order valence-corrected chi connectivity index (χ3v) is 2.32. The first-order chi connectivity index (χ1) is 7.04. The summed E-state index contributed by atoms with van der Waals surface area (Å²) in [6, 6.07) is 0. The van der Waals surface area contributed by atoms with E-state index in [-0.39, 0.29) is 0 Å². The minimum absolute atomic E-state index is 0.610. The molecule has 0 saturated carbocycles. The minimum atomic E-state index is 0.610. The Morgan fingerprint density at radius 3 is 2.27 bits per heavy atom. The molecular weight excluding hydrogens is 186 g/mol. The third kappa shape index (κ3) is 3.18. The lowest BCUT2D eigenvalue weighted by Gasteiger charge is -2.13. The average molecular weight is 207 g/mol. The second kappa shape index (κ2) is 5.10. The molecule has 0 radical (unpaired) electrons. The molecule has 0 saturated heterocycles. The lowest BCUT2D eigenvalue weighted by molar-refractivity contribution is 0.632. The van der Waals surface area contributed by atoms with E-state index in [9.17, 15) is 0 Å². The number of aromatic nitrogens is 2. The van der Waals surface area contributed by atoms with Crippen LogP contribution < -0.4 is 5.32 Å². The Hall–Kier alpha value is -1.12. The summed E-state index contributed by atoms with van der Waals surface area (Å²) in [4.78, 5) is 9.15. The fraction of sp³-hybridized carbons (Fsp3) is 0.667. The van der Waals surface area contributed by atoms with Crippen LogP contribution in [0.15, 0.2) is 0 Å². The lowest BCUT2D eigenvalue weighted by Crippen LogP contribution is -2.10. The maximum absolute atomic E-state index is 4.61. The molecule has 3 nitrogen and oxygen atoms in total. The smallest absolute Gasteiger partial charge is 0.148 e. The van der Waals surface area contributed by atoms with Crippen molar-refractivity contribution in [1.82, 2.24) is 9.97 Å². The van der Waals surface area contributed by atoms with Crippen molar-refractivity contribution in [2.45, 2.75) is 41.0 Å². The summed E-state index contributed by atoms with van der Waals surface area (Å²) < 4.78 is 0. The monoisotopic (exact) mass is 207 g/mol.